The van der Waals surface area contributed by atoms with E-state index in [4.69, 9.17) is 9.47 Å². The molecule has 2 atom stereocenters. The van der Waals surface area contributed by atoms with E-state index < -0.39 is 0 Å². The molecule has 1 amide bonds. The highest BCUT2D eigenvalue weighted by molar-refractivity contribution is 5.78. The van der Waals surface area contributed by atoms with Crippen LogP contribution in [0.15, 0.2) is 30.3 Å². The lowest BCUT2D eigenvalue weighted by molar-refractivity contribution is -0.153. The van der Waals surface area contributed by atoms with Crippen LogP contribution >= 0.6 is 0 Å². The second kappa shape index (κ2) is 6.56. The minimum Gasteiger partial charge on any atom is -0.383 e. The van der Waals surface area contributed by atoms with Crippen molar-refractivity contribution in [2.24, 2.45) is 0 Å². The van der Waals surface area contributed by atoms with Gasteiger partial charge in [-0.15, -0.1) is 0 Å². The molecule has 2 saturated heterocycles. The molecule has 21 heavy (non-hydrogen) atoms. The predicted molar refractivity (Wildman–Crippen MR) is 78.8 cm³/mol. The van der Waals surface area contributed by atoms with Gasteiger partial charge in [0.1, 0.15) is 6.61 Å². The van der Waals surface area contributed by atoms with Gasteiger partial charge in [0.25, 0.3) is 0 Å². The molecule has 2 unspecified atom stereocenters. The number of carbonyl (C=O) groups excluding carboxylic acids is 1. The number of hydrogen-bond acceptors (Lipinski definition) is 4. The van der Waals surface area contributed by atoms with Crippen LogP contribution in [-0.2, 0) is 20.8 Å². The van der Waals surface area contributed by atoms with Crippen LogP contribution in [0.1, 0.15) is 5.56 Å². The van der Waals surface area contributed by atoms with E-state index in [1.54, 1.807) is 7.11 Å². The molecule has 2 heterocycles. The Bertz CT molecular complexity index is 480. The number of likely N-dealkylation sites (tertiary alicyclic amines) is 1. The number of methoxy groups -OCH3 is 1. The lowest BCUT2D eigenvalue weighted by Gasteiger charge is -2.36. The number of hydrogen-bond donors (Lipinski definition) is 0. The number of fused-ring (bicyclic) bond motifs is 1. The molecule has 0 saturated carbocycles. The third-order valence-corrected chi connectivity index (χ3v) is 4.24. The standard InChI is InChI=1S/C16H22N2O3/c1-20-8-7-18-14-10-17(9-13-5-3-2-4-6-13)11-15(14)21-12-16(18)19/h2-6,14-15H,7-12H2,1H3. The molecule has 0 aromatic heterocycles. The monoisotopic (exact) mass is 290 g/mol. The highest BCUT2D eigenvalue weighted by atomic mass is 16.5. The summed E-state index contributed by atoms with van der Waals surface area (Å²) in [5.74, 6) is 0.0786. The van der Waals surface area contributed by atoms with Crippen LogP contribution in [-0.4, -0.2) is 67.8 Å². The molecule has 2 aliphatic heterocycles. The van der Waals surface area contributed by atoms with Crippen LogP contribution in [0.25, 0.3) is 0 Å². The van der Waals surface area contributed by atoms with E-state index in [2.05, 4.69) is 29.2 Å². The number of rotatable bonds is 5. The van der Waals surface area contributed by atoms with Crippen molar-refractivity contribution in [2.75, 3.05) is 40.0 Å². The van der Waals surface area contributed by atoms with Crippen LogP contribution in [0.5, 0.6) is 0 Å². The van der Waals surface area contributed by atoms with Gasteiger partial charge >= 0.3 is 0 Å². The summed E-state index contributed by atoms with van der Waals surface area (Å²) in [6.45, 7) is 4.09. The normalized spacial score (nSPS) is 26.1. The smallest absolute Gasteiger partial charge is 0.249 e. The Balaban J connectivity index is 1.64. The van der Waals surface area contributed by atoms with Crippen LogP contribution < -0.4 is 0 Å². The van der Waals surface area contributed by atoms with Gasteiger partial charge < -0.3 is 14.4 Å². The van der Waals surface area contributed by atoms with Crippen molar-refractivity contribution in [3.63, 3.8) is 0 Å². The Kier molecular flexibility index (Phi) is 4.53. The topological polar surface area (TPSA) is 42.0 Å². The van der Waals surface area contributed by atoms with Crippen molar-refractivity contribution in [3.05, 3.63) is 35.9 Å². The summed E-state index contributed by atoms with van der Waals surface area (Å²) in [5.41, 5.74) is 1.30. The molecule has 0 radical (unpaired) electrons. The van der Waals surface area contributed by atoms with Crippen molar-refractivity contribution in [1.29, 1.82) is 0 Å². The number of amides is 1. The van der Waals surface area contributed by atoms with Gasteiger partial charge in [-0.1, -0.05) is 30.3 Å². The Morgan fingerprint density at radius 1 is 1.29 bits per heavy atom. The summed E-state index contributed by atoms with van der Waals surface area (Å²) >= 11 is 0. The first kappa shape index (κ1) is 14.5. The van der Waals surface area contributed by atoms with Crippen LogP contribution in [0.2, 0.25) is 0 Å². The van der Waals surface area contributed by atoms with E-state index in [-0.39, 0.29) is 24.7 Å². The zero-order valence-corrected chi connectivity index (χ0v) is 12.4. The van der Waals surface area contributed by atoms with Crippen molar-refractivity contribution in [3.8, 4) is 0 Å². The van der Waals surface area contributed by atoms with E-state index in [9.17, 15) is 4.79 Å². The summed E-state index contributed by atoms with van der Waals surface area (Å²) in [7, 11) is 1.67. The molecule has 5 nitrogen and oxygen atoms in total. The molecule has 0 N–H and O–H groups in total. The summed E-state index contributed by atoms with van der Waals surface area (Å²) in [4.78, 5) is 16.3. The van der Waals surface area contributed by atoms with Crippen molar-refractivity contribution in [1.82, 2.24) is 9.80 Å². The molecule has 0 aliphatic carbocycles. The second-order valence-corrected chi connectivity index (χ2v) is 5.68. The second-order valence-electron chi connectivity index (χ2n) is 5.68. The van der Waals surface area contributed by atoms with Gasteiger partial charge in [0.05, 0.1) is 18.8 Å². The maximum atomic E-state index is 12.0. The molecular weight excluding hydrogens is 268 g/mol. The summed E-state index contributed by atoms with van der Waals surface area (Å²) in [5, 5.41) is 0. The third kappa shape index (κ3) is 3.26. The van der Waals surface area contributed by atoms with Crippen molar-refractivity contribution in [2.45, 2.75) is 18.7 Å². The van der Waals surface area contributed by atoms with Crippen molar-refractivity contribution < 1.29 is 14.3 Å². The minimum absolute atomic E-state index is 0.0786. The number of carbonyl (C=O) groups is 1. The zero-order valence-electron chi connectivity index (χ0n) is 12.4. The number of morpholine rings is 1. The summed E-state index contributed by atoms with van der Waals surface area (Å²) in [6.07, 6.45) is 0.128. The van der Waals surface area contributed by atoms with Gasteiger partial charge in [0.15, 0.2) is 0 Å². The quantitative estimate of drug-likeness (QED) is 0.802. The van der Waals surface area contributed by atoms with Gasteiger partial charge in [0.2, 0.25) is 5.91 Å². The highest BCUT2D eigenvalue weighted by Gasteiger charge is 2.42. The molecular formula is C16H22N2O3. The molecule has 0 spiro atoms. The molecule has 3 rings (SSSR count). The van der Waals surface area contributed by atoms with Gasteiger partial charge in [-0.05, 0) is 5.56 Å². The first-order valence-electron chi connectivity index (χ1n) is 7.44. The fourth-order valence-electron chi connectivity index (χ4n) is 3.19. The van der Waals surface area contributed by atoms with E-state index in [0.29, 0.717) is 13.2 Å². The number of nitrogens with zero attached hydrogens (tertiary/aromatic N) is 2. The maximum Gasteiger partial charge on any atom is 0.249 e. The lowest BCUT2D eigenvalue weighted by atomic mass is 10.1. The van der Waals surface area contributed by atoms with E-state index in [1.807, 2.05) is 11.0 Å². The lowest BCUT2D eigenvalue weighted by Crippen LogP contribution is -2.54. The third-order valence-electron chi connectivity index (χ3n) is 4.24. The average Bonchev–Trinajstić information content (AvgIpc) is 2.90. The Morgan fingerprint density at radius 3 is 2.86 bits per heavy atom. The molecule has 5 heteroatoms. The fraction of sp³-hybridized carbons (Fsp3) is 0.562. The molecule has 0 bridgehead atoms. The largest absolute Gasteiger partial charge is 0.383 e. The molecule has 114 valence electrons. The van der Waals surface area contributed by atoms with Gasteiger partial charge in [-0.3, -0.25) is 9.69 Å². The SMILES string of the molecule is COCCN1C(=O)COC2CN(Cc3ccccc3)CC21. The first-order chi connectivity index (χ1) is 10.3. The fourth-order valence-corrected chi connectivity index (χ4v) is 3.19. The predicted octanol–water partition coefficient (Wildman–Crippen LogP) is 0.745. The van der Waals surface area contributed by atoms with Crippen LogP contribution in [0, 0.1) is 0 Å². The van der Waals surface area contributed by atoms with Crippen LogP contribution in [0.3, 0.4) is 0 Å². The number of ether oxygens (including phenoxy) is 2. The summed E-state index contributed by atoms with van der Waals surface area (Å²) in [6, 6.07) is 10.6. The zero-order chi connectivity index (χ0) is 14.7. The molecule has 2 aliphatic rings. The van der Waals surface area contributed by atoms with E-state index >= 15 is 0 Å². The molecule has 1 aromatic rings. The van der Waals surface area contributed by atoms with E-state index in [1.165, 1.54) is 5.56 Å². The summed E-state index contributed by atoms with van der Waals surface area (Å²) < 4.78 is 10.8. The average molecular weight is 290 g/mol. The minimum atomic E-state index is 0.0786. The maximum absolute atomic E-state index is 12.0. The Labute approximate surface area is 125 Å². The van der Waals surface area contributed by atoms with Crippen molar-refractivity contribution >= 4 is 5.91 Å². The Hall–Kier alpha value is -1.43. The highest BCUT2D eigenvalue weighted by Crippen LogP contribution is 2.24. The number of benzene rings is 1. The van der Waals surface area contributed by atoms with Crippen LogP contribution in [0.4, 0.5) is 0 Å². The molecule has 1 aromatic carbocycles. The van der Waals surface area contributed by atoms with Gasteiger partial charge in [-0.2, -0.15) is 0 Å². The Morgan fingerprint density at radius 2 is 2.10 bits per heavy atom. The van der Waals surface area contributed by atoms with E-state index in [0.717, 1.165) is 19.6 Å². The first-order valence-corrected chi connectivity index (χ1v) is 7.44. The molecule has 2 fully saturated rings. The van der Waals surface area contributed by atoms with Gasteiger partial charge in [0, 0.05) is 33.3 Å². The van der Waals surface area contributed by atoms with Gasteiger partial charge in [-0.25, -0.2) is 0 Å².